The van der Waals surface area contributed by atoms with Crippen LogP contribution in [-0.2, 0) is 0 Å². The quantitative estimate of drug-likeness (QED) is 0.107. The second-order valence-electron chi connectivity index (χ2n) is 18.4. The van der Waals surface area contributed by atoms with Crippen molar-refractivity contribution in [2.45, 2.75) is 0 Å². The maximum Gasteiger partial charge on any atom is 0.164 e. The van der Waals surface area contributed by atoms with Crippen molar-refractivity contribution in [2.75, 3.05) is 0 Å². The Morgan fingerprint density at radius 2 is 0.461 bits per heavy atom. The van der Waals surface area contributed by atoms with Gasteiger partial charge < -0.3 is 0 Å². The molecule has 0 bridgehead atoms. The van der Waals surface area contributed by atoms with Crippen molar-refractivity contribution in [3.63, 3.8) is 0 Å². The lowest BCUT2D eigenvalue weighted by Gasteiger charge is -2.10. The lowest BCUT2D eigenvalue weighted by molar-refractivity contribution is 1.07. The molecular formula is C70H48N6. The van der Waals surface area contributed by atoms with Gasteiger partial charge in [-0.3, -0.25) is 0 Å². The van der Waals surface area contributed by atoms with E-state index in [4.69, 9.17) is 29.9 Å². The SMILES string of the molecule is C=Cc1ccc(-c2ccc(-c3ccc(-c4nc(-c5ccccc5)nc(-c5cccc(/C=C/c6ccc(-c7ccc(-c8cccc(-c9nc(-c%10ccccc%10)nc(-c%10ccccc%10)n9)c8)cc7)cc6)c5)n4)cc3)cc2)cc1. The van der Waals surface area contributed by atoms with E-state index in [1.54, 1.807) is 0 Å². The predicted molar refractivity (Wildman–Crippen MR) is 313 cm³/mol. The molecule has 76 heavy (non-hydrogen) atoms. The average molecular weight is 973 g/mol. The molecule has 2 aromatic heterocycles. The number of aromatic nitrogens is 6. The van der Waals surface area contributed by atoms with Gasteiger partial charge in [0.2, 0.25) is 0 Å². The number of hydrogen-bond donors (Lipinski definition) is 0. The zero-order chi connectivity index (χ0) is 51.0. The lowest BCUT2D eigenvalue weighted by Crippen LogP contribution is -2.00. The Bertz CT molecular complexity index is 3930. The Morgan fingerprint density at radius 1 is 0.197 bits per heavy atom. The minimum absolute atomic E-state index is 0.612. The number of benzene rings is 10. The third-order valence-corrected chi connectivity index (χ3v) is 13.4. The van der Waals surface area contributed by atoms with Crippen LogP contribution in [0.1, 0.15) is 16.7 Å². The van der Waals surface area contributed by atoms with Gasteiger partial charge in [-0.1, -0.05) is 274 Å². The van der Waals surface area contributed by atoms with Crippen LogP contribution in [0, 0.1) is 0 Å². The highest BCUT2D eigenvalue weighted by atomic mass is 15.0. The standard InChI is InChI=1S/C70H48N6/c1-2-48-26-30-51(31-27-48)53-34-36-55(37-35-53)56-42-44-61(45-43-56)68-72-67(60-19-10-5-11-20-60)73-69(76-68)63-22-12-14-50(46-63)25-24-49-28-32-52(33-29-49)54-38-40-57(41-39-54)62-21-13-23-64(47-62)70-74-65(58-15-6-3-7-16-58)71-66(75-70)59-17-8-4-9-18-59/h2-47H,1H2/b25-24+. The van der Waals surface area contributed by atoms with Crippen molar-refractivity contribution < 1.29 is 0 Å². The summed E-state index contributed by atoms with van der Waals surface area (Å²) in [6.45, 7) is 3.87. The Morgan fingerprint density at radius 3 is 0.855 bits per heavy atom. The minimum atomic E-state index is 0.612. The molecule has 0 aliphatic carbocycles. The van der Waals surface area contributed by atoms with Gasteiger partial charge in [-0.15, -0.1) is 0 Å². The van der Waals surface area contributed by atoms with Gasteiger partial charge in [-0.05, 0) is 73.3 Å². The first-order valence-electron chi connectivity index (χ1n) is 25.3. The van der Waals surface area contributed by atoms with Crippen LogP contribution >= 0.6 is 0 Å². The van der Waals surface area contributed by atoms with Crippen LogP contribution in [0.25, 0.3) is 131 Å². The van der Waals surface area contributed by atoms with Crippen molar-refractivity contribution in [2.24, 2.45) is 0 Å². The molecule has 0 aliphatic rings. The first kappa shape index (κ1) is 46.8. The monoisotopic (exact) mass is 972 g/mol. The molecular weight excluding hydrogens is 925 g/mol. The molecule has 0 aliphatic heterocycles. The lowest BCUT2D eigenvalue weighted by atomic mass is 9.98. The van der Waals surface area contributed by atoms with Gasteiger partial charge in [0.25, 0.3) is 0 Å². The highest BCUT2D eigenvalue weighted by Crippen LogP contribution is 2.33. The van der Waals surface area contributed by atoms with Crippen LogP contribution < -0.4 is 0 Å². The maximum atomic E-state index is 5.06. The molecule has 6 nitrogen and oxygen atoms in total. The Balaban J connectivity index is 0.751. The van der Waals surface area contributed by atoms with Crippen molar-refractivity contribution >= 4 is 18.2 Å². The molecule has 0 radical (unpaired) electrons. The molecule has 12 rings (SSSR count). The normalized spacial score (nSPS) is 11.2. The van der Waals surface area contributed by atoms with Gasteiger partial charge in [0, 0.05) is 33.4 Å². The fraction of sp³-hybridized carbons (Fsp3) is 0. The number of rotatable bonds is 13. The van der Waals surface area contributed by atoms with E-state index in [2.05, 4.69) is 189 Å². The maximum absolute atomic E-state index is 5.06. The van der Waals surface area contributed by atoms with E-state index < -0.39 is 0 Å². The van der Waals surface area contributed by atoms with Crippen LogP contribution in [0.3, 0.4) is 0 Å². The van der Waals surface area contributed by atoms with Gasteiger partial charge in [0.15, 0.2) is 34.9 Å². The van der Waals surface area contributed by atoms with Crippen molar-refractivity contribution in [1.29, 1.82) is 0 Å². The third-order valence-electron chi connectivity index (χ3n) is 13.4. The predicted octanol–water partition coefficient (Wildman–Crippen LogP) is 17.5. The summed E-state index contributed by atoms with van der Waals surface area (Å²) in [4.78, 5) is 29.8. The molecule has 0 saturated carbocycles. The fourth-order valence-corrected chi connectivity index (χ4v) is 9.22. The average Bonchev–Trinajstić information content (AvgIpc) is 3.51. The van der Waals surface area contributed by atoms with E-state index >= 15 is 0 Å². The van der Waals surface area contributed by atoms with Crippen LogP contribution in [0.5, 0.6) is 0 Å². The Hall–Kier alpha value is -10.3. The molecule has 0 spiro atoms. The third kappa shape index (κ3) is 10.5. The van der Waals surface area contributed by atoms with Gasteiger partial charge in [-0.25, -0.2) is 29.9 Å². The summed E-state index contributed by atoms with van der Waals surface area (Å²) in [5.74, 6) is 3.76. The van der Waals surface area contributed by atoms with Crippen LogP contribution in [0.2, 0.25) is 0 Å². The summed E-state index contributed by atoms with van der Waals surface area (Å²) in [7, 11) is 0. The summed E-state index contributed by atoms with van der Waals surface area (Å²) in [5, 5.41) is 0. The molecule has 0 amide bonds. The van der Waals surface area contributed by atoms with Gasteiger partial charge in [-0.2, -0.15) is 0 Å². The van der Waals surface area contributed by atoms with E-state index in [9.17, 15) is 0 Å². The second-order valence-corrected chi connectivity index (χ2v) is 18.4. The molecule has 0 saturated heterocycles. The highest BCUT2D eigenvalue weighted by molar-refractivity contribution is 5.79. The number of hydrogen-bond acceptors (Lipinski definition) is 6. The first-order chi connectivity index (χ1) is 37.5. The van der Waals surface area contributed by atoms with E-state index in [0.717, 1.165) is 83.5 Å². The second kappa shape index (κ2) is 21.4. The zero-order valence-electron chi connectivity index (χ0n) is 41.4. The molecule has 2 heterocycles. The number of nitrogens with zero attached hydrogens (tertiary/aromatic N) is 6. The van der Waals surface area contributed by atoms with E-state index in [0.29, 0.717) is 34.9 Å². The zero-order valence-corrected chi connectivity index (χ0v) is 41.4. The molecule has 358 valence electrons. The van der Waals surface area contributed by atoms with E-state index in [-0.39, 0.29) is 0 Å². The molecule has 0 unspecified atom stereocenters. The van der Waals surface area contributed by atoms with Crippen molar-refractivity contribution in [3.8, 4) is 113 Å². The molecule has 0 atom stereocenters. The Labute approximate surface area is 442 Å². The summed E-state index contributed by atoms with van der Waals surface area (Å²) in [6, 6.07) is 89.9. The molecule has 12 aromatic rings. The first-order valence-corrected chi connectivity index (χ1v) is 25.3. The largest absolute Gasteiger partial charge is 0.208 e. The van der Waals surface area contributed by atoms with Crippen molar-refractivity contribution in [1.82, 2.24) is 29.9 Å². The van der Waals surface area contributed by atoms with E-state index in [1.807, 2.05) is 97.1 Å². The molecule has 0 N–H and O–H groups in total. The van der Waals surface area contributed by atoms with Crippen LogP contribution in [-0.4, -0.2) is 29.9 Å². The van der Waals surface area contributed by atoms with Gasteiger partial charge in [0.1, 0.15) is 0 Å². The molecule has 6 heteroatoms. The minimum Gasteiger partial charge on any atom is -0.208 e. The smallest absolute Gasteiger partial charge is 0.164 e. The van der Waals surface area contributed by atoms with Crippen molar-refractivity contribution in [3.05, 3.63) is 284 Å². The van der Waals surface area contributed by atoms with E-state index in [1.165, 1.54) is 11.1 Å². The van der Waals surface area contributed by atoms with Gasteiger partial charge >= 0.3 is 0 Å². The topological polar surface area (TPSA) is 77.3 Å². The van der Waals surface area contributed by atoms with Crippen LogP contribution in [0.4, 0.5) is 0 Å². The Kier molecular flexibility index (Phi) is 13.2. The fourth-order valence-electron chi connectivity index (χ4n) is 9.22. The van der Waals surface area contributed by atoms with Crippen LogP contribution in [0.15, 0.2) is 267 Å². The summed E-state index contributed by atoms with van der Waals surface area (Å²) in [5.41, 5.74) is 17.9. The highest BCUT2D eigenvalue weighted by Gasteiger charge is 2.15. The molecule has 0 fully saturated rings. The summed E-state index contributed by atoms with van der Waals surface area (Å²) >= 11 is 0. The summed E-state index contributed by atoms with van der Waals surface area (Å²) in [6.07, 6.45) is 6.13. The van der Waals surface area contributed by atoms with Gasteiger partial charge in [0.05, 0.1) is 0 Å². The summed E-state index contributed by atoms with van der Waals surface area (Å²) < 4.78 is 0. The molecule has 10 aromatic carbocycles.